The van der Waals surface area contributed by atoms with Crippen molar-refractivity contribution in [3.63, 3.8) is 0 Å². The summed E-state index contributed by atoms with van der Waals surface area (Å²) in [6, 6.07) is 11.3. The zero-order valence-corrected chi connectivity index (χ0v) is 12.4. The van der Waals surface area contributed by atoms with Crippen LogP contribution in [0.25, 0.3) is 0 Å². The van der Waals surface area contributed by atoms with Crippen molar-refractivity contribution in [2.45, 2.75) is 13.8 Å². The van der Waals surface area contributed by atoms with Gasteiger partial charge in [-0.3, -0.25) is 5.43 Å². The standard InChI is InChI=1S/C15H15BrN2O/c1-10-3-5-13(7-11(10)2)18-17-9-12-4-6-15(19)14(16)8-12/h3-9,18-19H,1-2H3. The number of aromatic hydroxyl groups is 1. The summed E-state index contributed by atoms with van der Waals surface area (Å²) < 4.78 is 0.655. The van der Waals surface area contributed by atoms with E-state index >= 15 is 0 Å². The molecule has 0 radical (unpaired) electrons. The SMILES string of the molecule is Cc1ccc(NN=Cc2ccc(O)c(Br)c2)cc1C. The summed E-state index contributed by atoms with van der Waals surface area (Å²) in [5, 5.41) is 13.6. The molecule has 0 heterocycles. The summed E-state index contributed by atoms with van der Waals surface area (Å²) >= 11 is 3.27. The van der Waals surface area contributed by atoms with Gasteiger partial charge in [-0.05, 0) is 76.8 Å². The van der Waals surface area contributed by atoms with Crippen LogP contribution in [0.1, 0.15) is 16.7 Å². The Morgan fingerprint density at radius 1 is 1.11 bits per heavy atom. The molecule has 0 bridgehead atoms. The molecular weight excluding hydrogens is 304 g/mol. The van der Waals surface area contributed by atoms with E-state index in [1.54, 1.807) is 24.4 Å². The lowest BCUT2D eigenvalue weighted by Gasteiger charge is -2.04. The van der Waals surface area contributed by atoms with Crippen LogP contribution in [0, 0.1) is 13.8 Å². The van der Waals surface area contributed by atoms with E-state index in [1.165, 1.54) is 11.1 Å². The average molecular weight is 319 g/mol. The third-order valence-corrected chi connectivity index (χ3v) is 3.52. The average Bonchev–Trinajstić information content (AvgIpc) is 2.38. The molecular formula is C15H15BrN2O. The first-order chi connectivity index (χ1) is 9.06. The number of phenols is 1. The highest BCUT2D eigenvalue weighted by Gasteiger charge is 1.97. The Labute approximate surface area is 121 Å². The molecule has 0 saturated heterocycles. The van der Waals surface area contributed by atoms with Gasteiger partial charge in [-0.1, -0.05) is 6.07 Å². The number of halogens is 1. The van der Waals surface area contributed by atoms with Gasteiger partial charge in [0.25, 0.3) is 0 Å². The molecule has 2 N–H and O–H groups in total. The number of nitrogens with zero attached hydrogens (tertiary/aromatic N) is 1. The van der Waals surface area contributed by atoms with Crippen molar-refractivity contribution >= 4 is 27.8 Å². The van der Waals surface area contributed by atoms with Crippen molar-refractivity contribution in [1.82, 2.24) is 0 Å². The Morgan fingerprint density at radius 3 is 2.58 bits per heavy atom. The Balaban J connectivity index is 2.06. The molecule has 0 spiro atoms. The molecule has 0 aliphatic rings. The number of hydrazone groups is 1. The zero-order chi connectivity index (χ0) is 13.8. The summed E-state index contributed by atoms with van der Waals surface area (Å²) in [4.78, 5) is 0. The fraction of sp³-hybridized carbons (Fsp3) is 0.133. The van der Waals surface area contributed by atoms with E-state index in [9.17, 15) is 5.11 Å². The maximum Gasteiger partial charge on any atom is 0.129 e. The first-order valence-electron chi connectivity index (χ1n) is 5.91. The number of nitrogens with one attached hydrogen (secondary N) is 1. The number of aryl methyl sites for hydroxylation is 2. The van der Waals surface area contributed by atoms with Crippen molar-refractivity contribution in [2.75, 3.05) is 5.43 Å². The normalized spacial score (nSPS) is 10.9. The van der Waals surface area contributed by atoms with Crippen molar-refractivity contribution < 1.29 is 5.11 Å². The van der Waals surface area contributed by atoms with Crippen LogP contribution in [0.3, 0.4) is 0 Å². The largest absolute Gasteiger partial charge is 0.507 e. The van der Waals surface area contributed by atoms with Gasteiger partial charge in [0.15, 0.2) is 0 Å². The van der Waals surface area contributed by atoms with Crippen molar-refractivity contribution in [3.8, 4) is 5.75 Å². The van der Waals surface area contributed by atoms with Gasteiger partial charge < -0.3 is 5.11 Å². The Hall–Kier alpha value is -1.81. The van der Waals surface area contributed by atoms with Gasteiger partial charge in [-0.25, -0.2) is 0 Å². The molecule has 19 heavy (non-hydrogen) atoms. The first-order valence-corrected chi connectivity index (χ1v) is 6.70. The lowest BCUT2D eigenvalue weighted by Crippen LogP contribution is -1.92. The highest BCUT2D eigenvalue weighted by molar-refractivity contribution is 9.10. The van der Waals surface area contributed by atoms with Crippen LogP contribution in [0.5, 0.6) is 5.75 Å². The maximum absolute atomic E-state index is 9.40. The Bertz CT molecular complexity index is 624. The molecule has 0 aromatic heterocycles. The smallest absolute Gasteiger partial charge is 0.129 e. The van der Waals surface area contributed by atoms with E-state index in [2.05, 4.69) is 52.4 Å². The molecule has 2 aromatic rings. The van der Waals surface area contributed by atoms with E-state index < -0.39 is 0 Å². The van der Waals surface area contributed by atoms with Gasteiger partial charge in [-0.15, -0.1) is 0 Å². The Kier molecular flexibility index (Phi) is 4.22. The van der Waals surface area contributed by atoms with Crippen molar-refractivity contribution in [3.05, 3.63) is 57.6 Å². The monoisotopic (exact) mass is 318 g/mol. The van der Waals surface area contributed by atoms with E-state index in [4.69, 9.17) is 0 Å². The molecule has 2 aromatic carbocycles. The first kappa shape index (κ1) is 13.6. The molecule has 0 atom stereocenters. The number of hydrogen-bond acceptors (Lipinski definition) is 3. The third kappa shape index (κ3) is 3.58. The Morgan fingerprint density at radius 2 is 1.89 bits per heavy atom. The number of hydrogen-bond donors (Lipinski definition) is 2. The highest BCUT2D eigenvalue weighted by atomic mass is 79.9. The number of phenolic OH excluding ortho intramolecular Hbond substituents is 1. The summed E-state index contributed by atoms with van der Waals surface area (Å²) in [5.74, 6) is 0.222. The van der Waals surface area contributed by atoms with Crippen LogP contribution in [0.15, 0.2) is 46.0 Å². The van der Waals surface area contributed by atoms with E-state index in [-0.39, 0.29) is 5.75 Å². The fourth-order valence-electron chi connectivity index (χ4n) is 1.60. The van der Waals surface area contributed by atoms with E-state index in [0.717, 1.165) is 11.3 Å². The van der Waals surface area contributed by atoms with Crippen LogP contribution >= 0.6 is 15.9 Å². The number of rotatable bonds is 3. The summed E-state index contributed by atoms with van der Waals surface area (Å²) in [5.41, 5.74) is 7.34. The second-order valence-electron chi connectivity index (χ2n) is 4.38. The highest BCUT2D eigenvalue weighted by Crippen LogP contribution is 2.23. The van der Waals surface area contributed by atoms with Crippen LogP contribution in [-0.4, -0.2) is 11.3 Å². The fourth-order valence-corrected chi connectivity index (χ4v) is 1.99. The molecule has 4 heteroatoms. The van der Waals surface area contributed by atoms with Gasteiger partial charge in [-0.2, -0.15) is 5.10 Å². The van der Waals surface area contributed by atoms with Crippen molar-refractivity contribution in [2.24, 2.45) is 5.10 Å². The molecule has 0 saturated carbocycles. The summed E-state index contributed by atoms with van der Waals surface area (Å²) in [7, 11) is 0. The molecule has 0 fully saturated rings. The molecule has 0 unspecified atom stereocenters. The molecule has 0 amide bonds. The quantitative estimate of drug-likeness (QED) is 0.657. The van der Waals surface area contributed by atoms with Gasteiger partial charge in [0.05, 0.1) is 16.4 Å². The number of benzene rings is 2. The minimum absolute atomic E-state index is 0.222. The minimum atomic E-state index is 0.222. The van der Waals surface area contributed by atoms with Gasteiger partial charge in [0, 0.05) is 0 Å². The minimum Gasteiger partial charge on any atom is -0.507 e. The van der Waals surface area contributed by atoms with Crippen LogP contribution in [-0.2, 0) is 0 Å². The lowest BCUT2D eigenvalue weighted by atomic mass is 10.1. The third-order valence-electron chi connectivity index (χ3n) is 2.89. The van der Waals surface area contributed by atoms with Crippen LogP contribution < -0.4 is 5.43 Å². The predicted molar refractivity (Wildman–Crippen MR) is 82.9 cm³/mol. The lowest BCUT2D eigenvalue weighted by molar-refractivity contribution is 0.472. The number of anilines is 1. The molecule has 0 aliphatic carbocycles. The topological polar surface area (TPSA) is 44.6 Å². The molecule has 0 aliphatic heterocycles. The predicted octanol–water partition coefficient (Wildman–Crippen LogP) is 4.22. The second-order valence-corrected chi connectivity index (χ2v) is 5.23. The van der Waals surface area contributed by atoms with Gasteiger partial charge >= 0.3 is 0 Å². The van der Waals surface area contributed by atoms with Crippen LogP contribution in [0.2, 0.25) is 0 Å². The summed E-state index contributed by atoms with van der Waals surface area (Å²) in [6.07, 6.45) is 1.71. The van der Waals surface area contributed by atoms with Crippen LogP contribution in [0.4, 0.5) is 5.69 Å². The maximum atomic E-state index is 9.40. The van der Waals surface area contributed by atoms with Gasteiger partial charge in [0.1, 0.15) is 5.75 Å². The molecule has 98 valence electrons. The van der Waals surface area contributed by atoms with E-state index in [0.29, 0.717) is 4.47 Å². The zero-order valence-electron chi connectivity index (χ0n) is 10.8. The second kappa shape index (κ2) is 5.89. The molecule has 2 rings (SSSR count). The van der Waals surface area contributed by atoms with Gasteiger partial charge in [0.2, 0.25) is 0 Å². The molecule has 3 nitrogen and oxygen atoms in total. The van der Waals surface area contributed by atoms with E-state index in [1.807, 2.05) is 6.07 Å². The summed E-state index contributed by atoms with van der Waals surface area (Å²) in [6.45, 7) is 4.15. The van der Waals surface area contributed by atoms with Crippen molar-refractivity contribution in [1.29, 1.82) is 0 Å².